The topological polar surface area (TPSA) is 9.23 Å². The molecule has 1 aromatic carbocycles. The van der Waals surface area contributed by atoms with E-state index in [2.05, 4.69) is 0 Å². The summed E-state index contributed by atoms with van der Waals surface area (Å²) >= 11 is 0. The zero-order valence-electron chi connectivity index (χ0n) is 6.52. The van der Waals surface area contributed by atoms with Crippen LogP contribution >= 0.6 is 37.2 Å². The zero-order chi connectivity index (χ0) is 5.82. The van der Waals surface area contributed by atoms with Crippen LogP contribution < -0.4 is 4.74 Å². The molecule has 0 bridgehead atoms. The van der Waals surface area contributed by atoms with Gasteiger partial charge in [-0.15, -0.1) is 37.2 Å². The molecule has 12 heavy (non-hydrogen) atoms. The predicted molar refractivity (Wildman–Crippen MR) is 54.7 cm³/mol. The molecule has 0 aliphatic rings. The van der Waals surface area contributed by atoms with E-state index in [4.69, 9.17) is 4.74 Å². The van der Waals surface area contributed by atoms with E-state index in [9.17, 15) is 0 Å². The van der Waals surface area contributed by atoms with Gasteiger partial charge in [0.1, 0.15) is 5.75 Å². The van der Waals surface area contributed by atoms with Crippen LogP contribution in [0.25, 0.3) is 0 Å². The minimum atomic E-state index is 0. The third-order valence-electron chi connectivity index (χ3n) is 0.979. The van der Waals surface area contributed by atoms with Crippen LogP contribution in [-0.4, -0.2) is 7.11 Å². The van der Waals surface area contributed by atoms with Crippen LogP contribution in [-0.2, 0) is 21.7 Å². The molecule has 0 fully saturated rings. The van der Waals surface area contributed by atoms with Crippen LogP contribution in [0.1, 0.15) is 0 Å². The molecule has 1 aromatic rings. The van der Waals surface area contributed by atoms with Crippen molar-refractivity contribution in [2.24, 2.45) is 0 Å². The fourth-order valence-corrected chi connectivity index (χ4v) is 0.557. The Morgan fingerprint density at radius 1 is 0.917 bits per heavy atom. The average molecular weight is 265 g/mol. The molecule has 0 spiro atoms. The molecular weight excluding hydrogens is 254 g/mol. The summed E-state index contributed by atoms with van der Waals surface area (Å²) in [6.07, 6.45) is 0. The van der Waals surface area contributed by atoms with E-state index in [1.807, 2.05) is 30.3 Å². The van der Waals surface area contributed by atoms with Crippen molar-refractivity contribution in [1.82, 2.24) is 0 Å². The van der Waals surface area contributed by atoms with Gasteiger partial charge in [0.05, 0.1) is 7.11 Å². The van der Waals surface area contributed by atoms with E-state index in [0.717, 1.165) is 5.75 Å². The summed E-state index contributed by atoms with van der Waals surface area (Å²) in [6, 6.07) is 9.68. The van der Waals surface area contributed by atoms with Gasteiger partial charge in [-0.1, -0.05) is 18.2 Å². The molecule has 5 heteroatoms. The second kappa shape index (κ2) is 14.1. The van der Waals surface area contributed by atoms with Gasteiger partial charge in [0.25, 0.3) is 0 Å². The van der Waals surface area contributed by atoms with Gasteiger partial charge in [-0.05, 0) is 12.1 Å². The normalized spacial score (nSPS) is 5.75. The van der Waals surface area contributed by atoms with E-state index >= 15 is 0 Å². The third-order valence-corrected chi connectivity index (χ3v) is 0.979. The Labute approximate surface area is 106 Å². The Balaban J connectivity index is -0.0000000800. The molecule has 0 heterocycles. The molecule has 70 valence electrons. The number of para-hydroxylation sites is 1. The van der Waals surface area contributed by atoms with Crippen LogP contribution in [0.15, 0.2) is 30.3 Å². The largest absolute Gasteiger partial charge is 0.497 e. The molecule has 0 radical (unpaired) electrons. The van der Waals surface area contributed by atoms with E-state index in [1.54, 1.807) is 7.11 Å². The Morgan fingerprint density at radius 3 is 1.58 bits per heavy atom. The molecule has 0 aliphatic heterocycles. The maximum absolute atomic E-state index is 4.91. The van der Waals surface area contributed by atoms with Crippen LogP contribution in [0, 0.1) is 0 Å². The van der Waals surface area contributed by atoms with Crippen molar-refractivity contribution in [3.8, 4) is 5.75 Å². The van der Waals surface area contributed by atoms with E-state index in [-0.39, 0.29) is 58.9 Å². The Hall–Kier alpha value is 0.604. The Bertz CT molecular complexity index is 160. The molecule has 0 atom stereocenters. The van der Waals surface area contributed by atoms with Gasteiger partial charge in [0, 0.05) is 21.7 Å². The number of rotatable bonds is 1. The zero-order valence-corrected chi connectivity index (χ0v) is 10.5. The number of ether oxygens (including phenoxy) is 1. The van der Waals surface area contributed by atoms with Gasteiger partial charge in [0.15, 0.2) is 0 Å². The molecule has 0 saturated carbocycles. The third kappa shape index (κ3) is 8.70. The van der Waals surface area contributed by atoms with Crippen LogP contribution in [0.5, 0.6) is 5.75 Å². The molecule has 0 N–H and O–H groups in total. The van der Waals surface area contributed by atoms with Gasteiger partial charge in [-0.25, -0.2) is 0 Å². The second-order valence-corrected chi connectivity index (χ2v) is 1.52. The van der Waals surface area contributed by atoms with Gasteiger partial charge in [-0.3, -0.25) is 0 Å². The van der Waals surface area contributed by atoms with Crippen LogP contribution in [0.4, 0.5) is 0 Å². The average Bonchev–Trinajstić information content (AvgIpc) is 1.90. The fourth-order valence-electron chi connectivity index (χ4n) is 0.557. The Morgan fingerprint density at radius 2 is 1.33 bits per heavy atom. The summed E-state index contributed by atoms with van der Waals surface area (Å²) in [5.74, 6) is 0.910. The summed E-state index contributed by atoms with van der Waals surface area (Å²) in [4.78, 5) is 0. The van der Waals surface area contributed by atoms with Gasteiger partial charge in [-0.2, -0.15) is 0 Å². The SMILES string of the molecule is COc1ccccc1.Cl.Cl.Cl.[Ti]. The smallest absolute Gasteiger partial charge is 0.118 e. The monoisotopic (exact) mass is 264 g/mol. The predicted octanol–water partition coefficient (Wildman–Crippen LogP) is 2.96. The quantitative estimate of drug-likeness (QED) is 0.709. The molecule has 0 aliphatic carbocycles. The van der Waals surface area contributed by atoms with E-state index in [0.29, 0.717) is 0 Å². The number of methoxy groups -OCH3 is 1. The van der Waals surface area contributed by atoms with Gasteiger partial charge in [0.2, 0.25) is 0 Å². The second-order valence-electron chi connectivity index (χ2n) is 1.52. The minimum Gasteiger partial charge on any atom is -0.497 e. The molecule has 0 amide bonds. The molecule has 0 saturated heterocycles. The van der Waals surface area contributed by atoms with Crippen LogP contribution in [0.3, 0.4) is 0 Å². The Kier molecular flexibility index (Phi) is 27.0. The summed E-state index contributed by atoms with van der Waals surface area (Å²) < 4.78 is 4.91. The van der Waals surface area contributed by atoms with Gasteiger partial charge >= 0.3 is 0 Å². The maximum Gasteiger partial charge on any atom is 0.118 e. The van der Waals surface area contributed by atoms with Gasteiger partial charge < -0.3 is 4.74 Å². The minimum absolute atomic E-state index is 0. The van der Waals surface area contributed by atoms with Crippen molar-refractivity contribution >= 4 is 37.2 Å². The molecule has 0 unspecified atom stereocenters. The first kappa shape index (κ1) is 22.9. The summed E-state index contributed by atoms with van der Waals surface area (Å²) in [5, 5.41) is 0. The molecule has 0 aromatic heterocycles. The van der Waals surface area contributed by atoms with Crippen molar-refractivity contribution in [2.45, 2.75) is 0 Å². The van der Waals surface area contributed by atoms with Crippen molar-refractivity contribution < 1.29 is 26.5 Å². The molecule has 1 nitrogen and oxygen atoms in total. The first-order chi connectivity index (χ1) is 3.93. The van der Waals surface area contributed by atoms with Crippen molar-refractivity contribution in [3.05, 3.63) is 30.3 Å². The standard InChI is InChI=1S/C7H8O.3ClH.Ti/c1-8-7-5-3-2-4-6-7;;;;/h2-6H,1H3;3*1H;. The number of hydrogen-bond donors (Lipinski definition) is 0. The van der Waals surface area contributed by atoms with Crippen molar-refractivity contribution in [3.63, 3.8) is 0 Å². The first-order valence-corrected chi connectivity index (χ1v) is 2.52. The molecular formula is C7H11Cl3OTi. The van der Waals surface area contributed by atoms with Crippen molar-refractivity contribution in [1.29, 1.82) is 0 Å². The molecule has 1 rings (SSSR count). The number of benzene rings is 1. The summed E-state index contributed by atoms with van der Waals surface area (Å²) in [5.41, 5.74) is 0. The maximum atomic E-state index is 4.91. The summed E-state index contributed by atoms with van der Waals surface area (Å²) in [6.45, 7) is 0. The van der Waals surface area contributed by atoms with Crippen LogP contribution in [0.2, 0.25) is 0 Å². The summed E-state index contributed by atoms with van der Waals surface area (Å²) in [7, 11) is 1.66. The first-order valence-electron chi connectivity index (χ1n) is 2.52. The number of halogens is 3. The van der Waals surface area contributed by atoms with Crippen molar-refractivity contribution in [2.75, 3.05) is 7.11 Å². The fraction of sp³-hybridized carbons (Fsp3) is 0.143. The number of hydrogen-bond acceptors (Lipinski definition) is 1. The van der Waals surface area contributed by atoms with E-state index in [1.165, 1.54) is 0 Å². The van der Waals surface area contributed by atoms with E-state index < -0.39 is 0 Å².